The number of nitrogen functional groups attached to an aromatic ring is 1. The molecular weight excluding hydrogens is 467 g/mol. The largest absolute Gasteiger partial charge is 0.480 e. The van der Waals surface area contributed by atoms with E-state index < -0.39 is 47.4 Å². The van der Waals surface area contributed by atoms with E-state index in [-0.39, 0.29) is 18.1 Å². The lowest BCUT2D eigenvalue weighted by Gasteiger charge is -2.17. The molecule has 1 saturated heterocycles. The van der Waals surface area contributed by atoms with Crippen molar-refractivity contribution >= 4 is 33.8 Å². The van der Waals surface area contributed by atoms with Crippen molar-refractivity contribution in [2.45, 2.75) is 42.8 Å². The van der Waals surface area contributed by atoms with Crippen molar-refractivity contribution < 1.29 is 29.2 Å². The highest BCUT2D eigenvalue weighted by molar-refractivity contribution is 7.96. The molecule has 11 nitrogen and oxygen atoms in total. The molecule has 1 fully saturated rings. The van der Waals surface area contributed by atoms with Crippen molar-refractivity contribution in [3.8, 4) is 0 Å². The Balaban J connectivity index is 1.51. The van der Waals surface area contributed by atoms with Crippen LogP contribution in [0.3, 0.4) is 0 Å². The maximum absolute atomic E-state index is 13.3. The van der Waals surface area contributed by atoms with Gasteiger partial charge in [0.05, 0.1) is 6.33 Å². The first-order valence-electron chi connectivity index (χ1n) is 10.6. The molecule has 6 atom stereocenters. The highest BCUT2D eigenvalue weighted by Crippen LogP contribution is 2.33. The second-order valence-corrected chi connectivity index (χ2v) is 10.4. The van der Waals surface area contributed by atoms with E-state index in [9.17, 15) is 19.4 Å². The van der Waals surface area contributed by atoms with Gasteiger partial charge < -0.3 is 31.5 Å². The number of carbonyl (C=O) groups is 1. The summed E-state index contributed by atoms with van der Waals surface area (Å²) >= 11 is 0. The lowest BCUT2D eigenvalue weighted by molar-refractivity contribution is -0.138. The predicted molar refractivity (Wildman–Crippen MR) is 123 cm³/mol. The molecule has 34 heavy (non-hydrogen) atoms. The number of hydrogen-bond donors (Lipinski definition) is 5. The number of fused-ring (bicyclic) bond motifs is 1. The summed E-state index contributed by atoms with van der Waals surface area (Å²) in [6, 6.07) is 5.03. The Kier molecular flexibility index (Phi) is 7.28. The van der Waals surface area contributed by atoms with Crippen LogP contribution in [0.15, 0.2) is 36.9 Å². The quantitative estimate of drug-likeness (QED) is 0.250. The number of imidazole rings is 1. The minimum absolute atomic E-state index is 0.184. The van der Waals surface area contributed by atoms with Crippen molar-refractivity contribution in [1.29, 1.82) is 0 Å². The highest BCUT2D eigenvalue weighted by Gasteiger charge is 2.47. The smallest absolute Gasteiger partial charge is 0.320 e. The number of nitrogens with zero attached hydrogens (tertiary/aromatic N) is 4. The molecule has 0 saturated carbocycles. The van der Waals surface area contributed by atoms with E-state index in [0.29, 0.717) is 28.4 Å². The highest BCUT2D eigenvalue weighted by atomic mass is 32.2. The van der Waals surface area contributed by atoms with Crippen LogP contribution in [0.25, 0.3) is 11.2 Å². The zero-order valence-corrected chi connectivity index (χ0v) is 18.9. The zero-order valence-electron chi connectivity index (χ0n) is 18.1. The van der Waals surface area contributed by atoms with Crippen LogP contribution < -0.4 is 11.5 Å². The van der Waals surface area contributed by atoms with Gasteiger partial charge in [0.25, 0.3) is 0 Å². The van der Waals surface area contributed by atoms with Gasteiger partial charge in [-0.1, -0.05) is 12.1 Å². The summed E-state index contributed by atoms with van der Waals surface area (Å²) in [5, 5.41) is 30.6. The maximum Gasteiger partial charge on any atom is 0.320 e. The van der Waals surface area contributed by atoms with E-state index in [0.717, 1.165) is 5.56 Å². The van der Waals surface area contributed by atoms with E-state index in [2.05, 4.69) is 15.0 Å². The van der Waals surface area contributed by atoms with E-state index >= 15 is 0 Å². The topological polar surface area (TPSA) is 183 Å². The predicted octanol–water partition coefficient (Wildman–Crippen LogP) is -0.213. The fraction of sp³-hybridized carbons (Fsp3) is 0.429. The Bertz CT molecular complexity index is 1150. The van der Waals surface area contributed by atoms with Crippen LogP contribution in [-0.2, 0) is 26.2 Å². The first-order chi connectivity index (χ1) is 16.2. The van der Waals surface area contributed by atoms with Gasteiger partial charge in [-0.2, -0.15) is 0 Å². The summed E-state index contributed by atoms with van der Waals surface area (Å²) in [5.74, 6) is 0.0831. The zero-order chi connectivity index (χ0) is 24.4. The molecule has 13 heteroatoms. The van der Waals surface area contributed by atoms with Crippen LogP contribution in [-0.4, -0.2) is 76.7 Å². The average Bonchev–Trinajstić information content (AvgIpc) is 3.36. The number of aliphatic hydroxyl groups is 2. The number of carboxylic acid groups (broad SMARTS) is 1. The number of aromatic nitrogens is 4. The molecule has 1 aromatic carbocycles. The van der Waals surface area contributed by atoms with Crippen LogP contribution in [0.5, 0.6) is 0 Å². The van der Waals surface area contributed by atoms with E-state index in [1.807, 2.05) is 0 Å². The molecule has 3 heterocycles. The molecule has 0 aliphatic carbocycles. The van der Waals surface area contributed by atoms with Gasteiger partial charge >= 0.3 is 5.97 Å². The van der Waals surface area contributed by atoms with Crippen molar-refractivity contribution in [3.05, 3.63) is 48.3 Å². The number of nitrogens with two attached hydrogens (primary N) is 2. The van der Waals surface area contributed by atoms with Crippen LogP contribution in [0.4, 0.5) is 10.2 Å². The van der Waals surface area contributed by atoms with Gasteiger partial charge in [-0.3, -0.25) is 9.36 Å². The molecule has 0 spiro atoms. The first-order valence-corrected chi connectivity index (χ1v) is 12.3. The molecule has 182 valence electrons. The SMILES string of the molecule is Nc1ncnc2c1ncn2[C@@H]1O[C@H](C[S+](CC[C@H](N)C(=O)O)Cc2ccc(F)cc2)[C@@H](O)[C@H]1O. The first kappa shape index (κ1) is 24.3. The third kappa shape index (κ3) is 5.13. The van der Waals surface area contributed by atoms with Crippen molar-refractivity contribution in [2.75, 3.05) is 17.2 Å². The van der Waals surface area contributed by atoms with Crippen LogP contribution in [0.1, 0.15) is 18.2 Å². The van der Waals surface area contributed by atoms with Gasteiger partial charge in [-0.05, 0) is 23.0 Å². The van der Waals surface area contributed by atoms with Gasteiger partial charge in [0.2, 0.25) is 0 Å². The average molecular weight is 494 g/mol. The monoisotopic (exact) mass is 493 g/mol. The van der Waals surface area contributed by atoms with Gasteiger partial charge in [0.1, 0.15) is 59.3 Å². The Morgan fingerprint density at radius 2 is 1.94 bits per heavy atom. The summed E-state index contributed by atoms with van der Waals surface area (Å²) < 4.78 is 20.9. The number of rotatable bonds is 9. The lowest BCUT2D eigenvalue weighted by atomic mass is 10.1. The molecular formula is C21H26FN6O5S+. The van der Waals surface area contributed by atoms with Gasteiger partial charge in [-0.15, -0.1) is 0 Å². The van der Waals surface area contributed by atoms with E-state index in [1.165, 1.54) is 29.4 Å². The van der Waals surface area contributed by atoms with Crippen LogP contribution in [0.2, 0.25) is 0 Å². The summed E-state index contributed by atoms with van der Waals surface area (Å²) in [5.41, 5.74) is 13.1. The second kappa shape index (κ2) is 10.2. The summed E-state index contributed by atoms with van der Waals surface area (Å²) in [6.07, 6.45) is -1.20. The van der Waals surface area contributed by atoms with Gasteiger partial charge in [0.15, 0.2) is 17.7 Å². The number of ether oxygens (including phenoxy) is 1. The normalized spacial score (nSPS) is 24.4. The van der Waals surface area contributed by atoms with Crippen molar-refractivity contribution in [3.63, 3.8) is 0 Å². The number of hydrogen-bond acceptors (Lipinski definition) is 9. The van der Waals surface area contributed by atoms with E-state index in [1.54, 1.807) is 12.1 Å². The Morgan fingerprint density at radius 1 is 1.21 bits per heavy atom. The summed E-state index contributed by atoms with van der Waals surface area (Å²) in [4.78, 5) is 23.4. The third-order valence-corrected chi connectivity index (χ3v) is 8.07. The number of aliphatic hydroxyl groups excluding tert-OH is 2. The number of aliphatic carboxylic acids is 1. The number of halogens is 1. The summed E-state index contributed by atoms with van der Waals surface area (Å²) in [6.45, 7) is 0. The molecule has 4 rings (SSSR count). The van der Waals surface area contributed by atoms with Crippen molar-refractivity contribution in [2.24, 2.45) is 5.73 Å². The fourth-order valence-electron chi connectivity index (χ4n) is 3.83. The minimum atomic E-state index is -1.25. The number of anilines is 1. The molecule has 0 amide bonds. The molecule has 2 aromatic heterocycles. The van der Waals surface area contributed by atoms with Gasteiger partial charge in [-0.25, -0.2) is 19.3 Å². The summed E-state index contributed by atoms with van der Waals surface area (Å²) in [7, 11) is -0.470. The van der Waals surface area contributed by atoms with E-state index in [4.69, 9.17) is 21.3 Å². The Labute approximate surface area is 196 Å². The Hall–Kier alpha value is -2.84. The van der Waals surface area contributed by atoms with Crippen LogP contribution >= 0.6 is 0 Å². The van der Waals surface area contributed by atoms with Crippen molar-refractivity contribution in [1.82, 2.24) is 19.5 Å². The number of carboxylic acids is 1. The molecule has 1 unspecified atom stereocenters. The molecule has 0 bridgehead atoms. The molecule has 1 aliphatic heterocycles. The molecule has 0 radical (unpaired) electrons. The van der Waals surface area contributed by atoms with Gasteiger partial charge in [0, 0.05) is 12.0 Å². The minimum Gasteiger partial charge on any atom is -0.480 e. The number of benzene rings is 1. The molecule has 3 aromatic rings. The maximum atomic E-state index is 13.3. The molecule has 7 N–H and O–H groups in total. The second-order valence-electron chi connectivity index (χ2n) is 8.12. The Morgan fingerprint density at radius 3 is 2.65 bits per heavy atom. The third-order valence-electron chi connectivity index (χ3n) is 5.72. The standard InChI is InChI=1S/C21H25FN6O5S/c22-12-3-1-11(2-4-12)7-34(6-5-13(23)21(31)32)8-14-16(29)17(30)20(33-14)28-10-27-15-18(24)25-9-26-19(15)28/h1-4,9-10,13-14,16-17,20,29-30H,5-8,23H2,(H2-,24,25,26,31,32)/p+1/t13-,14+,16+,17+,20+,34?/m0/s1. The fourth-order valence-corrected chi connectivity index (χ4v) is 6.25. The lowest BCUT2D eigenvalue weighted by Crippen LogP contribution is -2.38. The van der Waals surface area contributed by atoms with Crippen LogP contribution in [0, 0.1) is 5.82 Å². The molecule has 1 aliphatic rings.